The predicted octanol–water partition coefficient (Wildman–Crippen LogP) is 2.73. The maximum atomic E-state index is 12.0. The van der Waals surface area contributed by atoms with Crippen molar-refractivity contribution in [2.45, 2.75) is 32.5 Å². The fourth-order valence-corrected chi connectivity index (χ4v) is 1.49. The summed E-state index contributed by atoms with van der Waals surface area (Å²) >= 11 is 0. The van der Waals surface area contributed by atoms with Crippen LogP contribution in [-0.4, -0.2) is 24.7 Å². The van der Waals surface area contributed by atoms with E-state index in [-0.39, 0.29) is 0 Å². The van der Waals surface area contributed by atoms with E-state index in [4.69, 9.17) is 0 Å². The summed E-state index contributed by atoms with van der Waals surface area (Å²) in [6, 6.07) is 6.68. The van der Waals surface area contributed by atoms with E-state index in [0.29, 0.717) is 5.69 Å². The number of carbonyl (C=O) groups is 1. The average Bonchev–Trinajstić information content (AvgIpc) is 2.36. The Morgan fingerprint density at radius 1 is 1.26 bits per heavy atom. The van der Waals surface area contributed by atoms with Crippen molar-refractivity contribution in [2.24, 2.45) is 0 Å². The van der Waals surface area contributed by atoms with Crippen LogP contribution in [0.3, 0.4) is 0 Å². The summed E-state index contributed by atoms with van der Waals surface area (Å²) in [6.07, 6.45) is -3.49. The third kappa shape index (κ3) is 5.63. The topological polar surface area (TPSA) is 41.1 Å². The van der Waals surface area contributed by atoms with Crippen molar-refractivity contribution in [1.82, 2.24) is 5.32 Å². The van der Waals surface area contributed by atoms with Crippen LogP contribution in [0.5, 0.6) is 0 Å². The Bertz CT molecular complexity index is 415. The molecule has 6 heteroatoms. The van der Waals surface area contributed by atoms with Crippen molar-refractivity contribution in [2.75, 3.05) is 11.9 Å². The molecule has 0 aliphatic rings. The normalized spacial score (nSPS) is 12.9. The summed E-state index contributed by atoms with van der Waals surface area (Å²) in [5.74, 6) is -0.683. The number of carbonyl (C=O) groups excluding carboxylic acids is 1. The summed E-state index contributed by atoms with van der Waals surface area (Å²) < 4.78 is 35.9. The lowest BCUT2D eigenvalue weighted by Gasteiger charge is -2.16. The molecule has 1 amide bonds. The van der Waals surface area contributed by atoms with Crippen LogP contribution in [-0.2, 0) is 11.2 Å². The van der Waals surface area contributed by atoms with Crippen LogP contribution in [0, 0.1) is 0 Å². The molecule has 1 rings (SSSR count). The van der Waals surface area contributed by atoms with Gasteiger partial charge in [0.15, 0.2) is 0 Å². The van der Waals surface area contributed by atoms with Gasteiger partial charge >= 0.3 is 6.18 Å². The van der Waals surface area contributed by atoms with E-state index in [1.165, 1.54) is 6.92 Å². The second-order valence-corrected chi connectivity index (χ2v) is 4.25. The standard InChI is InChI=1S/C13H17F3N2O/c1-3-10-4-6-11(7-5-10)18-9(2)12(19)17-8-13(14,15)16/h4-7,9,18H,3,8H2,1-2H3,(H,17,19). The van der Waals surface area contributed by atoms with Crippen LogP contribution in [0.15, 0.2) is 24.3 Å². The van der Waals surface area contributed by atoms with Gasteiger partial charge in [-0.2, -0.15) is 13.2 Å². The maximum Gasteiger partial charge on any atom is 0.405 e. The number of aryl methyl sites for hydroxylation is 1. The highest BCUT2D eigenvalue weighted by Gasteiger charge is 2.28. The first kappa shape index (κ1) is 15.3. The molecule has 0 radical (unpaired) electrons. The van der Waals surface area contributed by atoms with Gasteiger partial charge in [-0.1, -0.05) is 19.1 Å². The second kappa shape index (κ2) is 6.45. The van der Waals surface area contributed by atoms with E-state index in [1.807, 2.05) is 24.4 Å². The van der Waals surface area contributed by atoms with E-state index < -0.39 is 24.7 Å². The lowest BCUT2D eigenvalue weighted by atomic mass is 10.1. The number of hydrogen-bond acceptors (Lipinski definition) is 2. The van der Waals surface area contributed by atoms with Crippen LogP contribution < -0.4 is 10.6 Å². The summed E-state index contributed by atoms with van der Waals surface area (Å²) in [5.41, 5.74) is 1.85. The number of benzene rings is 1. The molecule has 3 nitrogen and oxygen atoms in total. The highest BCUT2D eigenvalue weighted by molar-refractivity contribution is 5.84. The van der Waals surface area contributed by atoms with Gasteiger partial charge in [0.2, 0.25) is 5.91 Å². The number of rotatable bonds is 5. The largest absolute Gasteiger partial charge is 0.405 e. The number of hydrogen-bond donors (Lipinski definition) is 2. The molecular weight excluding hydrogens is 257 g/mol. The van der Waals surface area contributed by atoms with E-state index >= 15 is 0 Å². The Kier molecular flexibility index (Phi) is 5.20. The van der Waals surface area contributed by atoms with Crippen LogP contribution in [0.25, 0.3) is 0 Å². The van der Waals surface area contributed by atoms with Gasteiger partial charge in [0.05, 0.1) is 0 Å². The van der Waals surface area contributed by atoms with Gasteiger partial charge < -0.3 is 10.6 Å². The molecule has 1 aromatic rings. The molecule has 1 atom stereocenters. The molecule has 0 saturated carbocycles. The van der Waals surface area contributed by atoms with Crippen LogP contribution in [0.2, 0.25) is 0 Å². The smallest absolute Gasteiger partial charge is 0.374 e. The zero-order valence-electron chi connectivity index (χ0n) is 10.8. The Labute approximate surface area is 110 Å². The molecule has 1 aromatic carbocycles. The van der Waals surface area contributed by atoms with Gasteiger partial charge in [-0.05, 0) is 31.0 Å². The maximum absolute atomic E-state index is 12.0. The van der Waals surface area contributed by atoms with Crippen LogP contribution in [0.1, 0.15) is 19.4 Å². The monoisotopic (exact) mass is 274 g/mol. The first-order chi connectivity index (χ1) is 8.81. The SMILES string of the molecule is CCc1ccc(NC(C)C(=O)NCC(F)(F)F)cc1. The van der Waals surface area contributed by atoms with Crippen molar-refractivity contribution >= 4 is 11.6 Å². The van der Waals surface area contributed by atoms with E-state index in [9.17, 15) is 18.0 Å². The Morgan fingerprint density at radius 2 is 1.84 bits per heavy atom. The van der Waals surface area contributed by atoms with Crippen molar-refractivity contribution in [3.63, 3.8) is 0 Å². The highest BCUT2D eigenvalue weighted by atomic mass is 19.4. The summed E-state index contributed by atoms with van der Waals surface area (Å²) in [6.45, 7) is 2.22. The second-order valence-electron chi connectivity index (χ2n) is 4.25. The minimum absolute atomic E-state index is 0.683. The van der Waals surface area contributed by atoms with Crippen LogP contribution in [0.4, 0.5) is 18.9 Å². The number of halogens is 3. The molecule has 2 N–H and O–H groups in total. The Balaban J connectivity index is 2.49. The zero-order valence-corrected chi connectivity index (χ0v) is 10.8. The predicted molar refractivity (Wildman–Crippen MR) is 68.0 cm³/mol. The Morgan fingerprint density at radius 3 is 2.32 bits per heavy atom. The molecule has 0 spiro atoms. The fourth-order valence-electron chi connectivity index (χ4n) is 1.49. The van der Waals surface area contributed by atoms with Gasteiger partial charge in [0, 0.05) is 5.69 Å². The molecule has 0 aromatic heterocycles. The highest BCUT2D eigenvalue weighted by Crippen LogP contribution is 2.13. The van der Waals surface area contributed by atoms with Gasteiger partial charge in [-0.3, -0.25) is 4.79 Å². The molecule has 0 saturated heterocycles. The quantitative estimate of drug-likeness (QED) is 0.866. The molecule has 19 heavy (non-hydrogen) atoms. The minimum Gasteiger partial charge on any atom is -0.374 e. The third-order valence-corrected chi connectivity index (χ3v) is 2.60. The number of nitrogens with one attached hydrogen (secondary N) is 2. The third-order valence-electron chi connectivity index (χ3n) is 2.60. The molecular formula is C13H17F3N2O. The average molecular weight is 274 g/mol. The number of anilines is 1. The molecule has 0 aliphatic heterocycles. The first-order valence-electron chi connectivity index (χ1n) is 6.01. The fraction of sp³-hybridized carbons (Fsp3) is 0.462. The van der Waals surface area contributed by atoms with Crippen molar-refractivity contribution in [1.29, 1.82) is 0 Å². The summed E-state index contributed by atoms with van der Waals surface area (Å²) in [5, 5.41) is 4.69. The van der Waals surface area contributed by atoms with Crippen molar-refractivity contribution < 1.29 is 18.0 Å². The molecule has 0 bridgehead atoms. The molecule has 106 valence electrons. The van der Waals surface area contributed by atoms with Gasteiger partial charge in [0.1, 0.15) is 12.6 Å². The zero-order chi connectivity index (χ0) is 14.5. The molecule has 0 aliphatic carbocycles. The molecule has 0 heterocycles. The lowest BCUT2D eigenvalue weighted by Crippen LogP contribution is -2.42. The molecule has 0 fully saturated rings. The van der Waals surface area contributed by atoms with E-state index in [0.717, 1.165) is 12.0 Å². The summed E-state index contributed by atoms with van der Waals surface area (Å²) in [4.78, 5) is 11.4. The molecule has 1 unspecified atom stereocenters. The van der Waals surface area contributed by atoms with Crippen LogP contribution >= 0.6 is 0 Å². The van der Waals surface area contributed by atoms with Gasteiger partial charge in [-0.15, -0.1) is 0 Å². The minimum atomic E-state index is -4.39. The number of alkyl halides is 3. The lowest BCUT2D eigenvalue weighted by molar-refractivity contribution is -0.138. The number of amides is 1. The van der Waals surface area contributed by atoms with Crippen molar-refractivity contribution in [3.05, 3.63) is 29.8 Å². The van der Waals surface area contributed by atoms with E-state index in [2.05, 4.69) is 5.32 Å². The summed E-state index contributed by atoms with van der Waals surface area (Å²) in [7, 11) is 0. The van der Waals surface area contributed by atoms with Gasteiger partial charge in [0.25, 0.3) is 0 Å². The Hall–Kier alpha value is -1.72. The van der Waals surface area contributed by atoms with Gasteiger partial charge in [-0.25, -0.2) is 0 Å². The van der Waals surface area contributed by atoms with E-state index in [1.54, 1.807) is 12.1 Å². The van der Waals surface area contributed by atoms with Crippen molar-refractivity contribution in [3.8, 4) is 0 Å². The first-order valence-corrected chi connectivity index (χ1v) is 6.01.